The Kier molecular flexibility index (Phi) is 5.91. The number of ether oxygens (including phenoxy) is 2. The zero-order valence-corrected chi connectivity index (χ0v) is 13.6. The number of nitrogens with two attached hydrogens (primary N) is 1. The standard InChI is InChI=1S/C16H20N4O4/c1-10-7-15(21)20-14(19-10)9-18-16(22)12-4-3-11(23-2)8-13(12)24-6-5-17/h3-4,7-8H,5-6,9,17H2,1-2H3,(H,18,22)(H,19,20,21). The molecule has 1 aromatic carbocycles. The second-order valence-electron chi connectivity index (χ2n) is 5.02. The maximum atomic E-state index is 12.4. The van der Waals surface area contributed by atoms with Crippen molar-refractivity contribution < 1.29 is 14.3 Å². The van der Waals surface area contributed by atoms with E-state index < -0.39 is 0 Å². The van der Waals surface area contributed by atoms with E-state index >= 15 is 0 Å². The minimum Gasteiger partial charge on any atom is -0.497 e. The number of carbonyl (C=O) groups excluding carboxylic acids is 1. The van der Waals surface area contributed by atoms with Gasteiger partial charge in [0, 0.05) is 24.4 Å². The molecule has 0 spiro atoms. The van der Waals surface area contributed by atoms with E-state index in [-0.39, 0.29) is 24.6 Å². The molecule has 0 atom stereocenters. The van der Waals surface area contributed by atoms with Crippen LogP contribution in [0.15, 0.2) is 29.1 Å². The molecule has 0 aliphatic heterocycles. The van der Waals surface area contributed by atoms with Gasteiger partial charge in [0.05, 0.1) is 19.2 Å². The van der Waals surface area contributed by atoms with Gasteiger partial charge in [0.2, 0.25) is 0 Å². The predicted octanol–water partition coefficient (Wildman–Crippen LogP) is 0.354. The molecule has 4 N–H and O–H groups in total. The average Bonchev–Trinajstić information content (AvgIpc) is 2.56. The number of aryl methyl sites for hydroxylation is 1. The number of amides is 1. The molecule has 2 rings (SSSR count). The Hall–Kier alpha value is -2.87. The van der Waals surface area contributed by atoms with Gasteiger partial charge in [-0.3, -0.25) is 9.59 Å². The van der Waals surface area contributed by atoms with Gasteiger partial charge >= 0.3 is 0 Å². The first-order valence-electron chi connectivity index (χ1n) is 7.39. The fourth-order valence-corrected chi connectivity index (χ4v) is 2.09. The lowest BCUT2D eigenvalue weighted by atomic mass is 10.1. The summed E-state index contributed by atoms with van der Waals surface area (Å²) < 4.78 is 10.6. The summed E-state index contributed by atoms with van der Waals surface area (Å²) in [6.45, 7) is 2.41. The molecule has 0 fully saturated rings. The number of methoxy groups -OCH3 is 1. The Morgan fingerprint density at radius 2 is 2.17 bits per heavy atom. The highest BCUT2D eigenvalue weighted by atomic mass is 16.5. The number of nitrogens with zero attached hydrogens (tertiary/aromatic N) is 1. The van der Waals surface area contributed by atoms with Gasteiger partial charge in [-0.15, -0.1) is 0 Å². The van der Waals surface area contributed by atoms with Crippen LogP contribution in [0.1, 0.15) is 21.9 Å². The molecular weight excluding hydrogens is 312 g/mol. The lowest BCUT2D eigenvalue weighted by Gasteiger charge is -2.12. The minimum atomic E-state index is -0.353. The molecule has 0 saturated heterocycles. The Morgan fingerprint density at radius 1 is 1.38 bits per heavy atom. The van der Waals surface area contributed by atoms with Crippen LogP contribution < -0.4 is 26.1 Å². The summed E-state index contributed by atoms with van der Waals surface area (Å²) in [5.41, 5.74) is 6.11. The second kappa shape index (κ2) is 8.11. The molecule has 8 nitrogen and oxygen atoms in total. The highest BCUT2D eigenvalue weighted by Gasteiger charge is 2.14. The molecule has 0 saturated carbocycles. The van der Waals surface area contributed by atoms with E-state index in [0.717, 1.165) is 0 Å². The van der Waals surface area contributed by atoms with Crippen molar-refractivity contribution in [1.29, 1.82) is 0 Å². The van der Waals surface area contributed by atoms with E-state index in [0.29, 0.717) is 35.1 Å². The predicted molar refractivity (Wildman–Crippen MR) is 88.3 cm³/mol. The van der Waals surface area contributed by atoms with E-state index in [1.54, 1.807) is 25.1 Å². The van der Waals surface area contributed by atoms with Gasteiger partial charge in [-0.05, 0) is 19.1 Å². The first-order valence-corrected chi connectivity index (χ1v) is 7.39. The van der Waals surface area contributed by atoms with Gasteiger partial charge in [0.15, 0.2) is 0 Å². The fraction of sp³-hybridized carbons (Fsp3) is 0.312. The van der Waals surface area contributed by atoms with Crippen LogP contribution in [-0.2, 0) is 6.54 Å². The molecule has 1 heterocycles. The molecule has 128 valence electrons. The number of benzene rings is 1. The SMILES string of the molecule is COc1ccc(C(=O)NCc2nc(C)cc(=O)[nH]2)c(OCCN)c1. The van der Waals surface area contributed by atoms with E-state index in [1.807, 2.05) is 0 Å². The molecule has 8 heteroatoms. The van der Waals surface area contributed by atoms with Crippen LogP contribution in [0.4, 0.5) is 0 Å². The van der Waals surface area contributed by atoms with Crippen molar-refractivity contribution in [2.75, 3.05) is 20.3 Å². The Balaban J connectivity index is 2.14. The zero-order chi connectivity index (χ0) is 17.5. The van der Waals surface area contributed by atoms with Crippen molar-refractivity contribution >= 4 is 5.91 Å². The van der Waals surface area contributed by atoms with Gasteiger partial charge in [-0.2, -0.15) is 0 Å². The van der Waals surface area contributed by atoms with Gasteiger partial charge in [-0.25, -0.2) is 4.98 Å². The van der Waals surface area contributed by atoms with Crippen molar-refractivity contribution in [3.63, 3.8) is 0 Å². The lowest BCUT2D eigenvalue weighted by Crippen LogP contribution is -2.26. The molecule has 0 unspecified atom stereocenters. The number of rotatable bonds is 7. The number of hydrogen-bond donors (Lipinski definition) is 3. The third kappa shape index (κ3) is 4.56. The number of nitrogens with one attached hydrogen (secondary N) is 2. The van der Waals surface area contributed by atoms with Crippen molar-refractivity contribution in [3.05, 3.63) is 51.7 Å². The summed E-state index contributed by atoms with van der Waals surface area (Å²) in [4.78, 5) is 30.5. The van der Waals surface area contributed by atoms with Gasteiger partial charge in [0.1, 0.15) is 23.9 Å². The topological polar surface area (TPSA) is 119 Å². The van der Waals surface area contributed by atoms with Crippen LogP contribution in [0, 0.1) is 6.92 Å². The largest absolute Gasteiger partial charge is 0.497 e. The summed E-state index contributed by atoms with van der Waals surface area (Å²) in [5, 5.41) is 2.70. The van der Waals surface area contributed by atoms with Gasteiger partial charge < -0.3 is 25.5 Å². The minimum absolute atomic E-state index is 0.0953. The first-order chi connectivity index (χ1) is 11.5. The third-order valence-corrected chi connectivity index (χ3v) is 3.14. The molecule has 1 amide bonds. The van der Waals surface area contributed by atoms with Gasteiger partial charge in [-0.1, -0.05) is 0 Å². The quantitative estimate of drug-likeness (QED) is 0.673. The molecular formula is C16H20N4O4. The molecule has 0 aliphatic carbocycles. The molecule has 0 aliphatic rings. The van der Waals surface area contributed by atoms with E-state index in [9.17, 15) is 9.59 Å². The number of carbonyl (C=O) groups is 1. The number of aromatic amines is 1. The van der Waals surface area contributed by atoms with Crippen LogP contribution in [0.2, 0.25) is 0 Å². The monoisotopic (exact) mass is 332 g/mol. The third-order valence-electron chi connectivity index (χ3n) is 3.14. The van der Waals surface area contributed by atoms with E-state index in [2.05, 4.69) is 15.3 Å². The number of aromatic nitrogens is 2. The number of hydrogen-bond acceptors (Lipinski definition) is 6. The lowest BCUT2D eigenvalue weighted by molar-refractivity contribution is 0.0945. The van der Waals surface area contributed by atoms with Crippen LogP contribution in [-0.4, -0.2) is 36.1 Å². The highest BCUT2D eigenvalue weighted by Crippen LogP contribution is 2.24. The molecule has 1 aromatic heterocycles. The van der Waals surface area contributed by atoms with E-state index in [4.69, 9.17) is 15.2 Å². The van der Waals surface area contributed by atoms with Crippen LogP contribution >= 0.6 is 0 Å². The fourth-order valence-electron chi connectivity index (χ4n) is 2.09. The Morgan fingerprint density at radius 3 is 2.83 bits per heavy atom. The number of H-pyrrole nitrogens is 1. The van der Waals surface area contributed by atoms with Crippen LogP contribution in [0.5, 0.6) is 11.5 Å². The zero-order valence-electron chi connectivity index (χ0n) is 13.6. The van der Waals surface area contributed by atoms with E-state index in [1.165, 1.54) is 13.2 Å². The highest BCUT2D eigenvalue weighted by molar-refractivity contribution is 5.97. The summed E-state index contributed by atoms with van der Waals surface area (Å²) in [6, 6.07) is 6.27. The maximum absolute atomic E-state index is 12.4. The van der Waals surface area contributed by atoms with Crippen molar-refractivity contribution in [2.24, 2.45) is 5.73 Å². The molecule has 24 heavy (non-hydrogen) atoms. The molecule has 0 radical (unpaired) electrons. The molecule has 2 aromatic rings. The summed E-state index contributed by atoms with van der Waals surface area (Å²) in [6.07, 6.45) is 0. The second-order valence-corrected chi connectivity index (χ2v) is 5.02. The normalized spacial score (nSPS) is 10.3. The van der Waals surface area contributed by atoms with Crippen LogP contribution in [0.25, 0.3) is 0 Å². The smallest absolute Gasteiger partial charge is 0.255 e. The molecule has 0 bridgehead atoms. The average molecular weight is 332 g/mol. The Bertz CT molecular complexity index is 773. The summed E-state index contributed by atoms with van der Waals surface area (Å²) in [5.74, 6) is 0.978. The van der Waals surface area contributed by atoms with Crippen molar-refractivity contribution in [3.8, 4) is 11.5 Å². The summed E-state index contributed by atoms with van der Waals surface area (Å²) >= 11 is 0. The summed E-state index contributed by atoms with van der Waals surface area (Å²) in [7, 11) is 1.53. The first kappa shape index (κ1) is 17.5. The van der Waals surface area contributed by atoms with Crippen molar-refractivity contribution in [2.45, 2.75) is 13.5 Å². The van der Waals surface area contributed by atoms with Gasteiger partial charge in [0.25, 0.3) is 11.5 Å². The maximum Gasteiger partial charge on any atom is 0.255 e. The van der Waals surface area contributed by atoms with Crippen LogP contribution in [0.3, 0.4) is 0 Å². The Labute approximate surface area is 139 Å². The van der Waals surface area contributed by atoms with Crippen molar-refractivity contribution in [1.82, 2.24) is 15.3 Å².